The van der Waals surface area contributed by atoms with Crippen molar-refractivity contribution in [3.8, 4) is 11.5 Å². The van der Waals surface area contributed by atoms with Crippen LogP contribution in [-0.2, 0) is 13.0 Å². The van der Waals surface area contributed by atoms with Crippen molar-refractivity contribution in [3.63, 3.8) is 0 Å². The third-order valence-electron chi connectivity index (χ3n) is 3.99. The van der Waals surface area contributed by atoms with Gasteiger partial charge in [-0.1, -0.05) is 37.3 Å². The molecule has 0 bridgehead atoms. The van der Waals surface area contributed by atoms with Gasteiger partial charge in [-0.2, -0.15) is 0 Å². The number of fused-ring (bicyclic) bond motifs is 1. The van der Waals surface area contributed by atoms with Crippen LogP contribution in [0.15, 0.2) is 42.5 Å². The quantitative estimate of drug-likeness (QED) is 0.904. The predicted octanol–water partition coefficient (Wildman–Crippen LogP) is 3.83. The molecule has 2 aromatic carbocycles. The lowest BCUT2D eigenvalue weighted by atomic mass is 10.0. The van der Waals surface area contributed by atoms with Crippen LogP contribution in [0.25, 0.3) is 0 Å². The van der Waals surface area contributed by atoms with E-state index >= 15 is 0 Å². The lowest BCUT2D eigenvalue weighted by Crippen LogP contribution is -2.18. The molecular formula is C18H21NO2. The van der Waals surface area contributed by atoms with Crippen molar-refractivity contribution in [2.45, 2.75) is 32.9 Å². The molecule has 0 saturated heterocycles. The summed E-state index contributed by atoms with van der Waals surface area (Å²) in [4.78, 5) is 0. The van der Waals surface area contributed by atoms with E-state index in [9.17, 15) is 0 Å². The molecule has 110 valence electrons. The van der Waals surface area contributed by atoms with E-state index in [-0.39, 0.29) is 6.04 Å². The highest BCUT2D eigenvalue weighted by atomic mass is 16.7. The van der Waals surface area contributed by atoms with Crippen LogP contribution in [0.2, 0.25) is 0 Å². The maximum atomic E-state index is 5.44. The van der Waals surface area contributed by atoms with Gasteiger partial charge in [0.2, 0.25) is 6.79 Å². The summed E-state index contributed by atoms with van der Waals surface area (Å²) in [5.41, 5.74) is 3.99. The topological polar surface area (TPSA) is 30.5 Å². The Labute approximate surface area is 125 Å². The van der Waals surface area contributed by atoms with Gasteiger partial charge in [0.25, 0.3) is 0 Å². The maximum absolute atomic E-state index is 5.44. The Morgan fingerprint density at radius 1 is 1.05 bits per heavy atom. The molecule has 1 aliphatic heterocycles. The molecule has 2 aromatic rings. The smallest absolute Gasteiger partial charge is 0.231 e. The standard InChI is InChI=1S/C18H21NO2/c1-3-14-6-4-5-7-16(14)11-19-13(2)15-8-9-17-18(10-15)21-12-20-17/h4-10,13,19H,3,11-12H2,1-2H3. The van der Waals surface area contributed by atoms with Crippen molar-refractivity contribution in [3.05, 3.63) is 59.2 Å². The molecule has 3 nitrogen and oxygen atoms in total. The van der Waals surface area contributed by atoms with Crippen LogP contribution in [0.5, 0.6) is 11.5 Å². The van der Waals surface area contributed by atoms with Crippen LogP contribution < -0.4 is 14.8 Å². The summed E-state index contributed by atoms with van der Waals surface area (Å²) in [5.74, 6) is 1.68. The zero-order chi connectivity index (χ0) is 14.7. The second-order valence-corrected chi connectivity index (χ2v) is 5.34. The van der Waals surface area contributed by atoms with E-state index in [1.54, 1.807) is 0 Å². The second kappa shape index (κ2) is 6.19. The van der Waals surface area contributed by atoms with Crippen molar-refractivity contribution in [1.82, 2.24) is 5.32 Å². The molecular weight excluding hydrogens is 262 g/mol. The van der Waals surface area contributed by atoms with Crippen molar-refractivity contribution in [2.75, 3.05) is 6.79 Å². The fourth-order valence-corrected chi connectivity index (χ4v) is 2.64. The van der Waals surface area contributed by atoms with Gasteiger partial charge < -0.3 is 14.8 Å². The Balaban J connectivity index is 1.67. The Morgan fingerprint density at radius 3 is 2.62 bits per heavy atom. The van der Waals surface area contributed by atoms with Crippen LogP contribution in [0.1, 0.15) is 36.6 Å². The van der Waals surface area contributed by atoms with Crippen LogP contribution in [0.3, 0.4) is 0 Å². The zero-order valence-electron chi connectivity index (χ0n) is 12.6. The van der Waals surface area contributed by atoms with Crippen molar-refractivity contribution < 1.29 is 9.47 Å². The normalized spacial score (nSPS) is 14.2. The molecule has 0 spiro atoms. The van der Waals surface area contributed by atoms with Gasteiger partial charge in [0.1, 0.15) is 0 Å². The minimum absolute atomic E-state index is 0.268. The van der Waals surface area contributed by atoms with E-state index in [1.165, 1.54) is 16.7 Å². The Hall–Kier alpha value is -2.00. The number of aryl methyl sites for hydroxylation is 1. The second-order valence-electron chi connectivity index (χ2n) is 5.34. The first-order chi connectivity index (χ1) is 10.3. The number of hydrogen-bond acceptors (Lipinski definition) is 3. The predicted molar refractivity (Wildman–Crippen MR) is 83.6 cm³/mol. The Morgan fingerprint density at radius 2 is 1.81 bits per heavy atom. The molecule has 1 unspecified atom stereocenters. The maximum Gasteiger partial charge on any atom is 0.231 e. The highest BCUT2D eigenvalue weighted by Gasteiger charge is 2.15. The van der Waals surface area contributed by atoms with Gasteiger partial charge in [-0.15, -0.1) is 0 Å². The molecule has 1 N–H and O–H groups in total. The molecule has 21 heavy (non-hydrogen) atoms. The molecule has 0 fully saturated rings. The molecule has 0 aliphatic carbocycles. The molecule has 0 aromatic heterocycles. The number of hydrogen-bond donors (Lipinski definition) is 1. The minimum Gasteiger partial charge on any atom is -0.454 e. The summed E-state index contributed by atoms with van der Waals surface area (Å²) in [7, 11) is 0. The van der Waals surface area contributed by atoms with E-state index in [0.29, 0.717) is 6.79 Å². The van der Waals surface area contributed by atoms with E-state index in [2.05, 4.69) is 55.6 Å². The average Bonchev–Trinajstić information content (AvgIpc) is 3.00. The monoisotopic (exact) mass is 283 g/mol. The fraction of sp³-hybridized carbons (Fsp3) is 0.333. The van der Waals surface area contributed by atoms with Crippen molar-refractivity contribution in [1.29, 1.82) is 0 Å². The summed E-state index contributed by atoms with van der Waals surface area (Å²) in [5, 5.41) is 3.58. The van der Waals surface area contributed by atoms with Gasteiger partial charge in [0.05, 0.1) is 0 Å². The summed E-state index contributed by atoms with van der Waals surface area (Å²) in [6.45, 7) is 5.57. The SMILES string of the molecule is CCc1ccccc1CNC(C)c1ccc2c(c1)OCO2. The van der Waals surface area contributed by atoms with E-state index in [1.807, 2.05) is 6.07 Å². The lowest BCUT2D eigenvalue weighted by molar-refractivity contribution is 0.174. The number of benzene rings is 2. The van der Waals surface area contributed by atoms with E-state index in [4.69, 9.17) is 9.47 Å². The van der Waals surface area contributed by atoms with E-state index < -0.39 is 0 Å². The third-order valence-corrected chi connectivity index (χ3v) is 3.99. The first kappa shape index (κ1) is 14.0. The molecule has 1 heterocycles. The fourth-order valence-electron chi connectivity index (χ4n) is 2.64. The van der Waals surface area contributed by atoms with Crippen LogP contribution >= 0.6 is 0 Å². The molecule has 3 rings (SSSR count). The highest BCUT2D eigenvalue weighted by molar-refractivity contribution is 5.45. The third kappa shape index (κ3) is 3.03. The first-order valence-corrected chi connectivity index (χ1v) is 7.47. The van der Waals surface area contributed by atoms with Gasteiger partial charge in [-0.05, 0) is 42.2 Å². The largest absolute Gasteiger partial charge is 0.454 e. The van der Waals surface area contributed by atoms with Gasteiger partial charge in [0.15, 0.2) is 11.5 Å². The number of nitrogens with one attached hydrogen (secondary N) is 1. The molecule has 0 radical (unpaired) electrons. The zero-order valence-corrected chi connectivity index (χ0v) is 12.6. The Bertz CT molecular complexity index is 624. The van der Waals surface area contributed by atoms with E-state index in [0.717, 1.165) is 24.5 Å². The van der Waals surface area contributed by atoms with Crippen molar-refractivity contribution in [2.24, 2.45) is 0 Å². The van der Waals surface area contributed by atoms with Gasteiger partial charge in [-0.25, -0.2) is 0 Å². The molecule has 0 amide bonds. The summed E-state index contributed by atoms with van der Waals surface area (Å²) in [6, 6.07) is 15.0. The van der Waals surface area contributed by atoms with Crippen LogP contribution in [0.4, 0.5) is 0 Å². The molecule has 1 atom stereocenters. The minimum atomic E-state index is 0.268. The average molecular weight is 283 g/mol. The van der Waals surface area contributed by atoms with Gasteiger partial charge >= 0.3 is 0 Å². The number of rotatable bonds is 5. The molecule has 3 heteroatoms. The molecule has 0 saturated carbocycles. The summed E-state index contributed by atoms with van der Waals surface area (Å²) in [6.07, 6.45) is 1.07. The summed E-state index contributed by atoms with van der Waals surface area (Å²) < 4.78 is 10.8. The van der Waals surface area contributed by atoms with Crippen LogP contribution in [-0.4, -0.2) is 6.79 Å². The van der Waals surface area contributed by atoms with Crippen LogP contribution in [0, 0.1) is 0 Å². The molecule has 1 aliphatic rings. The summed E-state index contributed by atoms with van der Waals surface area (Å²) >= 11 is 0. The Kier molecular flexibility index (Phi) is 4.11. The number of ether oxygens (including phenoxy) is 2. The van der Waals surface area contributed by atoms with Gasteiger partial charge in [0, 0.05) is 12.6 Å². The highest BCUT2D eigenvalue weighted by Crippen LogP contribution is 2.34. The van der Waals surface area contributed by atoms with Crippen molar-refractivity contribution >= 4 is 0 Å². The van der Waals surface area contributed by atoms with Gasteiger partial charge in [-0.3, -0.25) is 0 Å². The lowest BCUT2D eigenvalue weighted by Gasteiger charge is -2.16. The first-order valence-electron chi connectivity index (χ1n) is 7.47.